The predicted molar refractivity (Wildman–Crippen MR) is 116 cm³/mol. The SMILES string of the molecule is Cc1nc2c(c(=O)n1C(=O)c1ccccc1F)CC[C@@H]1CN(C(=O)c3ccccc3F)C[C@H]21. The number of rotatable bonds is 2. The molecule has 0 bridgehead atoms. The van der Waals surface area contributed by atoms with Gasteiger partial charge in [-0.15, -0.1) is 0 Å². The summed E-state index contributed by atoms with van der Waals surface area (Å²) in [4.78, 5) is 45.3. The van der Waals surface area contributed by atoms with Gasteiger partial charge >= 0.3 is 0 Å². The molecule has 0 spiro atoms. The summed E-state index contributed by atoms with van der Waals surface area (Å²) in [5.41, 5.74) is 0.331. The topological polar surface area (TPSA) is 72.3 Å². The van der Waals surface area contributed by atoms with Gasteiger partial charge in [0.15, 0.2) is 0 Å². The lowest BCUT2D eigenvalue weighted by atomic mass is 9.80. The molecule has 2 aliphatic rings. The maximum Gasteiger partial charge on any atom is 0.269 e. The Kier molecular flexibility index (Phi) is 5.15. The van der Waals surface area contributed by atoms with E-state index in [9.17, 15) is 23.2 Å². The van der Waals surface area contributed by atoms with E-state index >= 15 is 0 Å². The number of aromatic nitrogens is 2. The van der Waals surface area contributed by atoms with E-state index in [4.69, 9.17) is 0 Å². The van der Waals surface area contributed by atoms with E-state index in [1.54, 1.807) is 17.9 Å². The molecule has 6 nitrogen and oxygen atoms in total. The molecule has 1 aromatic heterocycles. The van der Waals surface area contributed by atoms with E-state index in [1.165, 1.54) is 42.5 Å². The smallest absolute Gasteiger partial charge is 0.269 e. The number of fused-ring (bicyclic) bond motifs is 3. The van der Waals surface area contributed by atoms with Gasteiger partial charge in [0, 0.05) is 24.6 Å². The van der Waals surface area contributed by atoms with E-state index in [1.807, 2.05) is 0 Å². The van der Waals surface area contributed by atoms with E-state index in [0.29, 0.717) is 37.2 Å². The monoisotopic (exact) mass is 449 g/mol. The molecular formula is C25H21F2N3O3. The van der Waals surface area contributed by atoms with Crippen LogP contribution in [0.3, 0.4) is 0 Å². The second-order valence-corrected chi connectivity index (χ2v) is 8.54. The Balaban J connectivity index is 1.49. The number of benzene rings is 2. The van der Waals surface area contributed by atoms with Gasteiger partial charge in [-0.25, -0.2) is 18.3 Å². The molecule has 2 atom stereocenters. The molecule has 1 saturated heterocycles. The number of carbonyl (C=O) groups is 2. The number of likely N-dealkylation sites (tertiary alicyclic amines) is 1. The first-order valence-electron chi connectivity index (χ1n) is 10.8. The first-order valence-corrected chi connectivity index (χ1v) is 10.8. The highest BCUT2D eigenvalue weighted by atomic mass is 19.1. The van der Waals surface area contributed by atoms with Crippen LogP contribution < -0.4 is 5.56 Å². The molecule has 1 amide bonds. The van der Waals surface area contributed by atoms with Crippen LogP contribution in [0.2, 0.25) is 0 Å². The third kappa shape index (κ3) is 3.46. The second kappa shape index (κ2) is 8.03. The average Bonchev–Trinajstić information content (AvgIpc) is 3.24. The molecule has 0 saturated carbocycles. The summed E-state index contributed by atoms with van der Waals surface area (Å²) in [6.45, 7) is 2.32. The first kappa shape index (κ1) is 21.2. The van der Waals surface area contributed by atoms with Crippen LogP contribution in [-0.2, 0) is 6.42 Å². The Morgan fingerprint density at radius 2 is 1.55 bits per heavy atom. The van der Waals surface area contributed by atoms with E-state index in [0.717, 1.165) is 4.57 Å². The number of hydrogen-bond acceptors (Lipinski definition) is 4. The quantitative estimate of drug-likeness (QED) is 0.602. The highest BCUT2D eigenvalue weighted by molar-refractivity contribution is 5.96. The minimum atomic E-state index is -0.754. The van der Waals surface area contributed by atoms with Crippen molar-refractivity contribution in [1.29, 1.82) is 0 Å². The molecule has 0 unspecified atom stereocenters. The van der Waals surface area contributed by atoms with Crippen LogP contribution >= 0.6 is 0 Å². The maximum atomic E-state index is 14.2. The van der Waals surface area contributed by atoms with Gasteiger partial charge in [-0.3, -0.25) is 14.4 Å². The number of amides is 1. The third-order valence-corrected chi connectivity index (χ3v) is 6.63. The van der Waals surface area contributed by atoms with Crippen molar-refractivity contribution >= 4 is 11.8 Å². The van der Waals surface area contributed by atoms with Crippen molar-refractivity contribution in [3.8, 4) is 0 Å². The van der Waals surface area contributed by atoms with Gasteiger partial charge in [-0.1, -0.05) is 24.3 Å². The number of nitrogens with zero attached hydrogens (tertiary/aromatic N) is 3. The van der Waals surface area contributed by atoms with Gasteiger partial charge in [0.25, 0.3) is 17.4 Å². The molecular weight excluding hydrogens is 428 g/mol. The van der Waals surface area contributed by atoms with Crippen molar-refractivity contribution in [2.45, 2.75) is 25.7 Å². The van der Waals surface area contributed by atoms with Gasteiger partial charge in [0.2, 0.25) is 0 Å². The Morgan fingerprint density at radius 3 is 2.18 bits per heavy atom. The second-order valence-electron chi connectivity index (χ2n) is 8.54. The molecule has 1 aliphatic carbocycles. The summed E-state index contributed by atoms with van der Waals surface area (Å²) in [6, 6.07) is 11.4. The fourth-order valence-corrected chi connectivity index (χ4v) is 4.99. The van der Waals surface area contributed by atoms with Crippen molar-refractivity contribution in [1.82, 2.24) is 14.5 Å². The molecule has 1 fully saturated rings. The van der Waals surface area contributed by atoms with Gasteiger partial charge in [0.1, 0.15) is 17.5 Å². The fraction of sp³-hybridized carbons (Fsp3) is 0.280. The predicted octanol–water partition coefficient (Wildman–Crippen LogP) is 3.32. The zero-order valence-electron chi connectivity index (χ0n) is 17.9. The summed E-state index contributed by atoms with van der Waals surface area (Å²) in [7, 11) is 0. The van der Waals surface area contributed by atoms with Crippen LogP contribution in [0, 0.1) is 24.5 Å². The largest absolute Gasteiger partial charge is 0.338 e. The van der Waals surface area contributed by atoms with Crippen LogP contribution in [-0.4, -0.2) is 39.4 Å². The lowest BCUT2D eigenvalue weighted by molar-refractivity contribution is 0.0781. The summed E-state index contributed by atoms with van der Waals surface area (Å²) in [5.74, 6) is -2.32. The number of aryl methyl sites for hydroxylation is 1. The Bertz CT molecular complexity index is 1350. The van der Waals surface area contributed by atoms with Crippen LogP contribution in [0.4, 0.5) is 8.78 Å². The van der Waals surface area contributed by atoms with Crippen LogP contribution in [0.25, 0.3) is 0 Å². The highest BCUT2D eigenvalue weighted by Gasteiger charge is 2.42. The zero-order valence-corrected chi connectivity index (χ0v) is 17.9. The summed E-state index contributed by atoms with van der Waals surface area (Å²) >= 11 is 0. The fourth-order valence-electron chi connectivity index (χ4n) is 4.99. The molecule has 0 N–H and O–H groups in total. The molecule has 168 valence electrons. The first-order chi connectivity index (χ1) is 15.9. The van der Waals surface area contributed by atoms with Crippen LogP contribution in [0.5, 0.6) is 0 Å². The molecule has 33 heavy (non-hydrogen) atoms. The lowest BCUT2D eigenvalue weighted by Gasteiger charge is -2.26. The molecule has 8 heteroatoms. The highest BCUT2D eigenvalue weighted by Crippen LogP contribution is 2.40. The minimum Gasteiger partial charge on any atom is -0.338 e. The molecule has 2 heterocycles. The Hall–Kier alpha value is -3.68. The van der Waals surface area contributed by atoms with Crippen molar-refractivity contribution < 1.29 is 18.4 Å². The third-order valence-electron chi connectivity index (χ3n) is 6.63. The summed E-state index contributed by atoms with van der Waals surface area (Å²) < 4.78 is 29.2. The molecule has 5 rings (SSSR count). The maximum absolute atomic E-state index is 14.2. The van der Waals surface area contributed by atoms with Crippen molar-refractivity contribution in [3.05, 3.63) is 98.7 Å². The summed E-state index contributed by atoms with van der Waals surface area (Å²) in [5, 5.41) is 0. The van der Waals surface area contributed by atoms with Gasteiger partial charge in [-0.05, 0) is 49.9 Å². The van der Waals surface area contributed by atoms with E-state index in [2.05, 4.69) is 4.98 Å². The van der Waals surface area contributed by atoms with Crippen LogP contribution in [0.1, 0.15) is 50.1 Å². The lowest BCUT2D eigenvalue weighted by Crippen LogP contribution is -2.37. The van der Waals surface area contributed by atoms with Gasteiger partial charge in [-0.2, -0.15) is 0 Å². The molecule has 1 aliphatic heterocycles. The standard InChI is InChI=1S/C25H21F2N3O3/c1-14-28-22-18(25(33)30(14)24(32)17-7-3-5-9-21(17)27)11-10-15-12-29(13-19(15)22)23(31)16-6-2-4-8-20(16)26/h2-9,15,19H,10-13H2,1H3/t15-,19+/m1/s1. The van der Waals surface area contributed by atoms with Gasteiger partial charge < -0.3 is 4.90 Å². The minimum absolute atomic E-state index is 0.0198. The Morgan fingerprint density at radius 1 is 0.939 bits per heavy atom. The molecule has 2 aromatic carbocycles. The van der Waals surface area contributed by atoms with E-state index < -0.39 is 23.1 Å². The van der Waals surface area contributed by atoms with Crippen LogP contribution in [0.15, 0.2) is 53.3 Å². The van der Waals surface area contributed by atoms with Gasteiger partial charge in [0.05, 0.1) is 16.8 Å². The number of carbonyl (C=O) groups excluding carboxylic acids is 2. The number of halogens is 2. The molecule has 3 aromatic rings. The zero-order chi connectivity index (χ0) is 23.3. The van der Waals surface area contributed by atoms with Crippen molar-refractivity contribution in [2.24, 2.45) is 5.92 Å². The van der Waals surface area contributed by atoms with Crippen molar-refractivity contribution in [2.75, 3.05) is 13.1 Å². The average molecular weight is 449 g/mol. The normalized spacial score (nSPS) is 19.2. The van der Waals surface area contributed by atoms with E-state index in [-0.39, 0.29) is 34.7 Å². The summed E-state index contributed by atoms with van der Waals surface area (Å²) in [6.07, 6.45) is 1.06. The van der Waals surface area contributed by atoms with Crippen molar-refractivity contribution in [3.63, 3.8) is 0 Å². The Labute approximate surface area is 188 Å². The number of hydrogen-bond donors (Lipinski definition) is 0. The molecule has 0 radical (unpaired) electrons.